The fraction of sp³-hybridized carbons (Fsp3) is 0.400. The number of benzene rings is 1. The summed E-state index contributed by atoms with van der Waals surface area (Å²) in [6, 6.07) is 5.84. The molecular formula is C15H20O2. The van der Waals surface area contributed by atoms with E-state index in [4.69, 9.17) is 4.74 Å². The zero-order valence-electron chi connectivity index (χ0n) is 10.9. The van der Waals surface area contributed by atoms with E-state index >= 15 is 0 Å². The molecule has 17 heavy (non-hydrogen) atoms. The van der Waals surface area contributed by atoms with E-state index in [2.05, 4.69) is 19.6 Å². The molecule has 0 aliphatic carbocycles. The Kier molecular flexibility index (Phi) is 4.95. The van der Waals surface area contributed by atoms with E-state index in [-0.39, 0.29) is 5.97 Å². The van der Waals surface area contributed by atoms with E-state index in [9.17, 15) is 4.79 Å². The Hall–Kier alpha value is -1.57. The minimum atomic E-state index is -0.360. The second-order valence-electron chi connectivity index (χ2n) is 4.31. The van der Waals surface area contributed by atoms with Crippen molar-refractivity contribution in [2.45, 2.75) is 40.0 Å². The zero-order valence-corrected chi connectivity index (χ0v) is 10.9. The van der Waals surface area contributed by atoms with Crippen molar-refractivity contribution in [1.29, 1.82) is 0 Å². The van der Waals surface area contributed by atoms with Crippen molar-refractivity contribution in [3.05, 3.63) is 41.5 Å². The third-order valence-electron chi connectivity index (χ3n) is 2.75. The van der Waals surface area contributed by atoms with E-state index in [1.165, 1.54) is 5.56 Å². The molecule has 0 atom stereocenters. The highest BCUT2D eigenvalue weighted by molar-refractivity contribution is 5.88. The molecule has 0 aromatic heterocycles. The van der Waals surface area contributed by atoms with Gasteiger partial charge in [-0.2, -0.15) is 0 Å². The Morgan fingerprint density at radius 3 is 2.71 bits per heavy atom. The summed E-state index contributed by atoms with van der Waals surface area (Å²) in [6.45, 7) is 9.39. The van der Waals surface area contributed by atoms with E-state index < -0.39 is 0 Å². The van der Waals surface area contributed by atoms with Crippen molar-refractivity contribution in [1.82, 2.24) is 0 Å². The molecule has 92 valence electrons. The first-order valence-corrected chi connectivity index (χ1v) is 6.02. The lowest BCUT2D eigenvalue weighted by molar-refractivity contribution is -0.130. The summed E-state index contributed by atoms with van der Waals surface area (Å²) in [7, 11) is 0. The molecule has 0 saturated heterocycles. The lowest BCUT2D eigenvalue weighted by atomic mass is 10.0. The van der Waals surface area contributed by atoms with Crippen LogP contribution in [0.25, 0.3) is 0 Å². The van der Waals surface area contributed by atoms with Gasteiger partial charge in [-0.15, -0.1) is 0 Å². The van der Waals surface area contributed by atoms with Crippen molar-refractivity contribution >= 4 is 5.97 Å². The van der Waals surface area contributed by atoms with E-state index in [0.717, 1.165) is 24.8 Å². The first-order chi connectivity index (χ1) is 8.06. The van der Waals surface area contributed by atoms with Gasteiger partial charge in [-0.3, -0.25) is 0 Å². The third-order valence-corrected chi connectivity index (χ3v) is 2.75. The highest BCUT2D eigenvalue weighted by Crippen LogP contribution is 2.23. The predicted molar refractivity (Wildman–Crippen MR) is 70.2 cm³/mol. The quantitative estimate of drug-likeness (QED) is 0.438. The Morgan fingerprint density at radius 2 is 2.12 bits per heavy atom. The second kappa shape index (κ2) is 6.24. The lowest BCUT2D eigenvalue weighted by Gasteiger charge is -2.11. The van der Waals surface area contributed by atoms with Gasteiger partial charge in [0.1, 0.15) is 5.75 Å². The summed E-state index contributed by atoms with van der Waals surface area (Å²) < 4.78 is 5.29. The van der Waals surface area contributed by atoms with E-state index in [1.54, 1.807) is 6.92 Å². The summed E-state index contributed by atoms with van der Waals surface area (Å²) in [6.07, 6.45) is 3.34. The number of carbonyl (C=O) groups excluding carboxylic acids is 1. The molecule has 1 rings (SSSR count). The minimum Gasteiger partial charge on any atom is -0.423 e. The fourth-order valence-electron chi connectivity index (χ4n) is 1.60. The maximum atomic E-state index is 11.5. The van der Waals surface area contributed by atoms with Crippen LogP contribution in [0.2, 0.25) is 0 Å². The minimum absolute atomic E-state index is 0.360. The average Bonchev–Trinajstić information content (AvgIpc) is 2.30. The van der Waals surface area contributed by atoms with Crippen molar-refractivity contribution < 1.29 is 9.53 Å². The number of hydrogen-bond donors (Lipinski definition) is 0. The van der Waals surface area contributed by atoms with Crippen LogP contribution in [0.15, 0.2) is 30.4 Å². The SMILES string of the molecule is C=C(C)C(=O)Oc1cccc(CCCC)c1C. The van der Waals surface area contributed by atoms with Crippen LogP contribution in [0.5, 0.6) is 5.75 Å². The van der Waals surface area contributed by atoms with Crippen LogP contribution < -0.4 is 4.74 Å². The van der Waals surface area contributed by atoms with Gasteiger partial charge in [-0.1, -0.05) is 32.1 Å². The summed E-state index contributed by atoms with van der Waals surface area (Å²) in [5.41, 5.74) is 2.72. The van der Waals surface area contributed by atoms with Crippen LogP contribution in [-0.2, 0) is 11.2 Å². The Balaban J connectivity index is 2.86. The van der Waals surface area contributed by atoms with Crippen LogP contribution in [-0.4, -0.2) is 5.97 Å². The van der Waals surface area contributed by atoms with Gasteiger partial charge in [0.2, 0.25) is 0 Å². The Morgan fingerprint density at radius 1 is 1.41 bits per heavy atom. The molecule has 0 unspecified atom stereocenters. The van der Waals surface area contributed by atoms with Crippen molar-refractivity contribution in [3.8, 4) is 5.75 Å². The number of carbonyl (C=O) groups is 1. The van der Waals surface area contributed by atoms with Crippen LogP contribution >= 0.6 is 0 Å². The first-order valence-electron chi connectivity index (χ1n) is 6.02. The molecule has 0 heterocycles. The van der Waals surface area contributed by atoms with Crippen molar-refractivity contribution in [2.24, 2.45) is 0 Å². The largest absolute Gasteiger partial charge is 0.423 e. The van der Waals surface area contributed by atoms with Crippen molar-refractivity contribution in [3.63, 3.8) is 0 Å². The normalized spacial score (nSPS) is 10.1. The number of ether oxygens (including phenoxy) is 1. The van der Waals surface area contributed by atoms with Gasteiger partial charge in [-0.25, -0.2) is 4.79 Å². The molecule has 0 saturated carbocycles. The molecule has 0 fully saturated rings. The molecule has 0 amide bonds. The van der Waals surface area contributed by atoms with Crippen LogP contribution in [0, 0.1) is 6.92 Å². The zero-order chi connectivity index (χ0) is 12.8. The maximum Gasteiger partial charge on any atom is 0.338 e. The van der Waals surface area contributed by atoms with Gasteiger partial charge >= 0.3 is 5.97 Å². The van der Waals surface area contributed by atoms with Gasteiger partial charge in [0.15, 0.2) is 0 Å². The highest BCUT2D eigenvalue weighted by atomic mass is 16.5. The van der Waals surface area contributed by atoms with Crippen LogP contribution in [0.4, 0.5) is 0 Å². The number of rotatable bonds is 5. The van der Waals surface area contributed by atoms with Crippen LogP contribution in [0.1, 0.15) is 37.8 Å². The summed E-state index contributed by atoms with van der Waals surface area (Å²) >= 11 is 0. The summed E-state index contributed by atoms with van der Waals surface area (Å²) in [4.78, 5) is 11.5. The molecule has 2 nitrogen and oxygen atoms in total. The van der Waals surface area contributed by atoms with E-state index in [0.29, 0.717) is 11.3 Å². The van der Waals surface area contributed by atoms with E-state index in [1.807, 2.05) is 19.1 Å². The molecule has 1 aromatic carbocycles. The average molecular weight is 232 g/mol. The molecular weight excluding hydrogens is 212 g/mol. The molecule has 0 aliphatic rings. The monoisotopic (exact) mass is 232 g/mol. The fourth-order valence-corrected chi connectivity index (χ4v) is 1.60. The number of aryl methyl sites for hydroxylation is 1. The van der Waals surface area contributed by atoms with Crippen LogP contribution in [0.3, 0.4) is 0 Å². The molecule has 0 N–H and O–H groups in total. The second-order valence-corrected chi connectivity index (χ2v) is 4.31. The van der Waals surface area contributed by atoms with Gasteiger partial charge in [0.25, 0.3) is 0 Å². The molecule has 0 radical (unpaired) electrons. The number of hydrogen-bond acceptors (Lipinski definition) is 2. The molecule has 0 bridgehead atoms. The van der Waals surface area contributed by atoms with Gasteiger partial charge in [0.05, 0.1) is 0 Å². The number of unbranched alkanes of at least 4 members (excludes halogenated alkanes) is 1. The van der Waals surface area contributed by atoms with Gasteiger partial charge in [0, 0.05) is 5.57 Å². The van der Waals surface area contributed by atoms with Crippen molar-refractivity contribution in [2.75, 3.05) is 0 Å². The van der Waals surface area contributed by atoms with Gasteiger partial charge in [-0.05, 0) is 43.9 Å². The Labute approximate surface area is 103 Å². The molecule has 0 spiro atoms. The smallest absolute Gasteiger partial charge is 0.338 e. The first kappa shape index (κ1) is 13.5. The molecule has 2 heteroatoms. The standard InChI is InChI=1S/C15H20O2/c1-5-6-8-13-9-7-10-14(12(13)4)17-15(16)11(2)3/h7,9-10H,2,5-6,8H2,1,3-4H3. The molecule has 0 aliphatic heterocycles. The molecule has 1 aromatic rings. The summed E-state index contributed by atoms with van der Waals surface area (Å²) in [5, 5.41) is 0. The maximum absolute atomic E-state index is 11.5. The number of esters is 1. The summed E-state index contributed by atoms with van der Waals surface area (Å²) in [5.74, 6) is 0.285. The third kappa shape index (κ3) is 3.74. The van der Waals surface area contributed by atoms with Gasteiger partial charge < -0.3 is 4.74 Å². The Bertz CT molecular complexity index is 419. The predicted octanol–water partition coefficient (Wildman–Crippen LogP) is 3.82. The lowest BCUT2D eigenvalue weighted by Crippen LogP contribution is -2.09. The highest BCUT2D eigenvalue weighted by Gasteiger charge is 2.09. The topological polar surface area (TPSA) is 26.3 Å².